The molecule has 0 bridgehead atoms. The number of anilines is 1. The van der Waals surface area contributed by atoms with Gasteiger partial charge in [-0.3, -0.25) is 4.68 Å². The maximum absolute atomic E-state index is 4.67. The van der Waals surface area contributed by atoms with Crippen molar-refractivity contribution in [3.05, 3.63) is 21.2 Å². The predicted molar refractivity (Wildman–Crippen MR) is 85.2 cm³/mol. The van der Waals surface area contributed by atoms with Crippen molar-refractivity contribution >= 4 is 28.4 Å². The van der Waals surface area contributed by atoms with E-state index in [4.69, 9.17) is 0 Å². The van der Waals surface area contributed by atoms with Crippen LogP contribution < -0.4 is 5.32 Å². The molecule has 0 spiro atoms. The second-order valence-electron chi connectivity index (χ2n) is 4.34. The monoisotopic (exact) mass is 371 g/mol. The van der Waals surface area contributed by atoms with Crippen molar-refractivity contribution in [2.24, 2.45) is 7.05 Å². The largest absolute Gasteiger partial charge is 0.369 e. The Hall–Kier alpha value is -1.18. The van der Waals surface area contributed by atoms with Gasteiger partial charge in [0.25, 0.3) is 0 Å². The van der Waals surface area contributed by atoms with E-state index < -0.39 is 0 Å². The molecule has 6 heteroatoms. The smallest absolute Gasteiger partial charge is 0.165 e. The zero-order chi connectivity index (χ0) is 14.0. The van der Waals surface area contributed by atoms with Gasteiger partial charge in [0.15, 0.2) is 5.82 Å². The molecule has 0 atom stereocenters. The van der Waals surface area contributed by atoms with Crippen molar-refractivity contribution in [3.8, 4) is 11.4 Å². The molecule has 0 aliphatic rings. The standard InChI is InChI=1S/C13H18IN5/c1-5-10-11(14)13(15-6-2)17-12(16-10)9-7-19(4)18-8(9)3/h7H,5-6H2,1-4H3,(H,15,16,17). The van der Waals surface area contributed by atoms with Crippen LogP contribution in [-0.4, -0.2) is 26.3 Å². The molecule has 5 nitrogen and oxygen atoms in total. The minimum absolute atomic E-state index is 0.749. The average molecular weight is 371 g/mol. The first-order chi connectivity index (χ1) is 9.06. The average Bonchev–Trinajstić information content (AvgIpc) is 2.71. The van der Waals surface area contributed by atoms with Crippen molar-refractivity contribution in [3.63, 3.8) is 0 Å². The van der Waals surface area contributed by atoms with Gasteiger partial charge in [0.2, 0.25) is 0 Å². The lowest BCUT2D eigenvalue weighted by atomic mass is 10.2. The Balaban J connectivity index is 2.57. The molecule has 0 unspecified atom stereocenters. The number of aromatic nitrogens is 4. The fourth-order valence-electron chi connectivity index (χ4n) is 1.95. The summed E-state index contributed by atoms with van der Waals surface area (Å²) in [6.07, 6.45) is 2.86. The van der Waals surface area contributed by atoms with Crippen LogP contribution >= 0.6 is 22.6 Å². The van der Waals surface area contributed by atoms with Crippen LogP contribution in [0.25, 0.3) is 11.4 Å². The van der Waals surface area contributed by atoms with E-state index in [1.54, 1.807) is 4.68 Å². The second kappa shape index (κ2) is 5.85. The van der Waals surface area contributed by atoms with E-state index in [9.17, 15) is 0 Å². The van der Waals surface area contributed by atoms with Crippen LogP contribution in [0.2, 0.25) is 0 Å². The lowest BCUT2D eigenvalue weighted by molar-refractivity contribution is 0.756. The Morgan fingerprint density at radius 1 is 1.32 bits per heavy atom. The first kappa shape index (κ1) is 14.2. The highest BCUT2D eigenvalue weighted by atomic mass is 127. The van der Waals surface area contributed by atoms with Gasteiger partial charge in [-0.25, -0.2) is 9.97 Å². The molecule has 102 valence electrons. The molecule has 0 aliphatic carbocycles. The fraction of sp³-hybridized carbons (Fsp3) is 0.462. The molecule has 0 saturated carbocycles. The number of halogens is 1. The number of nitrogens with one attached hydrogen (secondary N) is 1. The van der Waals surface area contributed by atoms with Gasteiger partial charge in [0.05, 0.1) is 20.5 Å². The SMILES string of the molecule is CCNc1nc(-c2cn(C)nc2C)nc(CC)c1I. The van der Waals surface area contributed by atoms with Gasteiger partial charge in [0.1, 0.15) is 5.82 Å². The molecule has 1 N–H and O–H groups in total. The Labute approximate surface area is 127 Å². The van der Waals surface area contributed by atoms with Gasteiger partial charge in [-0.2, -0.15) is 5.10 Å². The summed E-state index contributed by atoms with van der Waals surface area (Å²) in [4.78, 5) is 9.30. The molecule has 0 fully saturated rings. The molecule has 0 radical (unpaired) electrons. The summed E-state index contributed by atoms with van der Waals surface area (Å²) in [6.45, 7) is 7.01. The highest BCUT2D eigenvalue weighted by Gasteiger charge is 2.15. The number of hydrogen-bond donors (Lipinski definition) is 1. The molecule has 2 heterocycles. The summed E-state index contributed by atoms with van der Waals surface area (Å²) >= 11 is 2.31. The van der Waals surface area contributed by atoms with Crippen molar-refractivity contribution in [1.29, 1.82) is 0 Å². The Morgan fingerprint density at radius 2 is 2.05 bits per heavy atom. The van der Waals surface area contributed by atoms with Crippen LogP contribution in [-0.2, 0) is 13.5 Å². The van der Waals surface area contributed by atoms with Crippen LogP contribution in [0.3, 0.4) is 0 Å². The van der Waals surface area contributed by atoms with Crippen LogP contribution in [0.5, 0.6) is 0 Å². The van der Waals surface area contributed by atoms with Gasteiger partial charge >= 0.3 is 0 Å². The second-order valence-corrected chi connectivity index (χ2v) is 5.42. The van der Waals surface area contributed by atoms with E-state index in [0.29, 0.717) is 0 Å². The van der Waals surface area contributed by atoms with Gasteiger partial charge in [-0.05, 0) is 42.9 Å². The lowest BCUT2D eigenvalue weighted by Gasteiger charge is -2.10. The highest BCUT2D eigenvalue weighted by molar-refractivity contribution is 14.1. The summed E-state index contributed by atoms with van der Waals surface area (Å²) in [7, 11) is 1.91. The summed E-state index contributed by atoms with van der Waals surface area (Å²) in [5, 5.41) is 7.66. The van der Waals surface area contributed by atoms with Crippen LogP contribution in [0.4, 0.5) is 5.82 Å². The van der Waals surface area contributed by atoms with Crippen molar-refractivity contribution in [1.82, 2.24) is 19.7 Å². The molecule has 2 aromatic rings. The number of nitrogens with zero attached hydrogens (tertiary/aromatic N) is 4. The minimum Gasteiger partial charge on any atom is -0.369 e. The zero-order valence-corrected chi connectivity index (χ0v) is 13.8. The summed E-state index contributed by atoms with van der Waals surface area (Å²) in [5.41, 5.74) is 3.02. The van der Waals surface area contributed by atoms with E-state index in [1.807, 2.05) is 20.2 Å². The molecule has 19 heavy (non-hydrogen) atoms. The van der Waals surface area contributed by atoms with Gasteiger partial charge < -0.3 is 5.32 Å². The molecule has 0 aliphatic heterocycles. The Kier molecular flexibility index (Phi) is 4.38. The highest BCUT2D eigenvalue weighted by Crippen LogP contribution is 2.25. The van der Waals surface area contributed by atoms with Crippen LogP contribution in [0, 0.1) is 10.5 Å². The van der Waals surface area contributed by atoms with Gasteiger partial charge in [-0.15, -0.1) is 0 Å². The van der Waals surface area contributed by atoms with E-state index in [2.05, 4.69) is 56.8 Å². The predicted octanol–water partition coefficient (Wildman–Crippen LogP) is 2.78. The number of rotatable bonds is 4. The normalized spacial score (nSPS) is 10.8. The Bertz CT molecular complexity index is 591. The molecule has 0 aromatic carbocycles. The van der Waals surface area contributed by atoms with Crippen molar-refractivity contribution < 1.29 is 0 Å². The molecular formula is C13H18IN5. The third kappa shape index (κ3) is 2.88. The van der Waals surface area contributed by atoms with Crippen molar-refractivity contribution in [2.75, 3.05) is 11.9 Å². The molecule has 0 saturated heterocycles. The quantitative estimate of drug-likeness (QED) is 0.840. The van der Waals surface area contributed by atoms with E-state index >= 15 is 0 Å². The van der Waals surface area contributed by atoms with Crippen LogP contribution in [0.15, 0.2) is 6.20 Å². The minimum atomic E-state index is 0.749. The molecular weight excluding hydrogens is 353 g/mol. The third-order valence-corrected chi connectivity index (χ3v) is 3.99. The maximum Gasteiger partial charge on any atom is 0.165 e. The third-order valence-electron chi connectivity index (χ3n) is 2.85. The van der Waals surface area contributed by atoms with Gasteiger partial charge in [-0.1, -0.05) is 6.92 Å². The lowest BCUT2D eigenvalue weighted by Crippen LogP contribution is -2.07. The van der Waals surface area contributed by atoms with Crippen molar-refractivity contribution in [2.45, 2.75) is 27.2 Å². The zero-order valence-electron chi connectivity index (χ0n) is 11.7. The van der Waals surface area contributed by atoms with Crippen LogP contribution in [0.1, 0.15) is 25.2 Å². The molecule has 0 amide bonds. The first-order valence-electron chi connectivity index (χ1n) is 6.37. The van der Waals surface area contributed by atoms with E-state index in [1.165, 1.54) is 0 Å². The molecule has 2 rings (SSSR count). The Morgan fingerprint density at radius 3 is 2.58 bits per heavy atom. The van der Waals surface area contributed by atoms with Gasteiger partial charge in [0, 0.05) is 19.8 Å². The number of hydrogen-bond acceptors (Lipinski definition) is 4. The first-order valence-corrected chi connectivity index (χ1v) is 7.45. The summed E-state index contributed by atoms with van der Waals surface area (Å²) in [6, 6.07) is 0. The summed E-state index contributed by atoms with van der Waals surface area (Å²) < 4.78 is 2.90. The van der Waals surface area contributed by atoms with E-state index in [0.717, 1.165) is 45.1 Å². The maximum atomic E-state index is 4.67. The van der Waals surface area contributed by atoms with E-state index in [-0.39, 0.29) is 0 Å². The fourth-order valence-corrected chi connectivity index (χ4v) is 2.77. The summed E-state index contributed by atoms with van der Waals surface area (Å²) in [5.74, 6) is 1.66. The topological polar surface area (TPSA) is 55.6 Å². The molecule has 2 aromatic heterocycles. The number of aryl methyl sites for hydroxylation is 3.